The average molecular weight is 352 g/mol. The standard InChI is InChI=1S/C15H15BrFN3O/c1-9(4-5-10-3-2-6-21-10)20-14-7-11(16)12(17)8-13(14)19-15(20)18/h2-3,6-9H,4-5H2,1H3,(H2,18,19). The van der Waals surface area contributed by atoms with Crippen molar-refractivity contribution < 1.29 is 8.81 Å². The first-order valence-electron chi connectivity index (χ1n) is 6.71. The number of nitrogen functional groups attached to an aromatic ring is 1. The number of aromatic nitrogens is 2. The van der Waals surface area contributed by atoms with E-state index in [1.54, 1.807) is 12.3 Å². The third-order valence-electron chi connectivity index (χ3n) is 3.59. The highest BCUT2D eigenvalue weighted by Gasteiger charge is 2.16. The molecule has 0 aliphatic rings. The van der Waals surface area contributed by atoms with Crippen LogP contribution in [0, 0.1) is 5.82 Å². The number of aryl methyl sites for hydroxylation is 1. The second-order valence-electron chi connectivity index (χ2n) is 5.06. The van der Waals surface area contributed by atoms with Crippen LogP contribution in [0.25, 0.3) is 11.0 Å². The number of furan rings is 1. The number of imidazole rings is 1. The summed E-state index contributed by atoms with van der Waals surface area (Å²) in [5.41, 5.74) is 7.39. The Morgan fingerprint density at radius 2 is 2.29 bits per heavy atom. The topological polar surface area (TPSA) is 57.0 Å². The minimum Gasteiger partial charge on any atom is -0.469 e. The van der Waals surface area contributed by atoms with Gasteiger partial charge in [0.15, 0.2) is 0 Å². The minimum atomic E-state index is -0.338. The fourth-order valence-electron chi connectivity index (χ4n) is 2.51. The molecule has 0 saturated carbocycles. The average Bonchev–Trinajstić information content (AvgIpc) is 3.04. The van der Waals surface area contributed by atoms with Gasteiger partial charge in [0.1, 0.15) is 11.6 Å². The van der Waals surface area contributed by atoms with Crippen LogP contribution in [0.3, 0.4) is 0 Å². The molecule has 0 saturated heterocycles. The van der Waals surface area contributed by atoms with Gasteiger partial charge in [-0.15, -0.1) is 0 Å². The van der Waals surface area contributed by atoms with Gasteiger partial charge in [-0.3, -0.25) is 0 Å². The first kappa shape index (κ1) is 14.1. The van der Waals surface area contributed by atoms with Gasteiger partial charge in [0.25, 0.3) is 0 Å². The number of nitrogens with two attached hydrogens (primary N) is 1. The second kappa shape index (κ2) is 5.52. The van der Waals surface area contributed by atoms with E-state index in [1.807, 2.05) is 16.7 Å². The molecule has 21 heavy (non-hydrogen) atoms. The Morgan fingerprint density at radius 1 is 1.48 bits per heavy atom. The molecule has 6 heteroatoms. The molecule has 3 aromatic rings. The van der Waals surface area contributed by atoms with Crippen LogP contribution in [-0.2, 0) is 6.42 Å². The van der Waals surface area contributed by atoms with Gasteiger partial charge in [-0.05, 0) is 47.5 Å². The molecule has 2 heterocycles. The Morgan fingerprint density at radius 3 is 3.00 bits per heavy atom. The summed E-state index contributed by atoms with van der Waals surface area (Å²) in [5.74, 6) is 1.00. The van der Waals surface area contributed by atoms with Crippen LogP contribution in [0.1, 0.15) is 25.1 Å². The van der Waals surface area contributed by atoms with Crippen LogP contribution in [0.4, 0.5) is 10.3 Å². The fraction of sp³-hybridized carbons (Fsp3) is 0.267. The molecule has 2 aromatic heterocycles. The van der Waals surface area contributed by atoms with Crippen molar-refractivity contribution in [1.29, 1.82) is 0 Å². The van der Waals surface area contributed by atoms with Crippen molar-refractivity contribution in [2.24, 2.45) is 0 Å². The smallest absolute Gasteiger partial charge is 0.201 e. The quantitative estimate of drug-likeness (QED) is 0.761. The lowest BCUT2D eigenvalue weighted by Crippen LogP contribution is -2.09. The molecule has 110 valence electrons. The van der Waals surface area contributed by atoms with Crippen molar-refractivity contribution >= 4 is 32.9 Å². The van der Waals surface area contributed by atoms with Gasteiger partial charge in [0.2, 0.25) is 5.95 Å². The number of benzene rings is 1. The summed E-state index contributed by atoms with van der Waals surface area (Å²) in [6.07, 6.45) is 3.34. The molecule has 0 fully saturated rings. The summed E-state index contributed by atoms with van der Waals surface area (Å²) in [6, 6.07) is 7.08. The van der Waals surface area contributed by atoms with Gasteiger partial charge in [0, 0.05) is 18.5 Å². The Balaban J connectivity index is 1.91. The van der Waals surface area contributed by atoms with Crippen molar-refractivity contribution in [1.82, 2.24) is 9.55 Å². The van der Waals surface area contributed by atoms with Crippen LogP contribution >= 0.6 is 15.9 Å². The Bertz CT molecular complexity index is 767. The first-order valence-corrected chi connectivity index (χ1v) is 7.50. The summed E-state index contributed by atoms with van der Waals surface area (Å²) in [6.45, 7) is 2.07. The van der Waals surface area contributed by atoms with E-state index >= 15 is 0 Å². The molecule has 0 bridgehead atoms. The van der Waals surface area contributed by atoms with E-state index in [2.05, 4.69) is 27.8 Å². The summed E-state index contributed by atoms with van der Waals surface area (Å²) in [7, 11) is 0. The number of hydrogen-bond acceptors (Lipinski definition) is 3. The van der Waals surface area contributed by atoms with E-state index in [9.17, 15) is 4.39 Å². The van der Waals surface area contributed by atoms with Crippen molar-refractivity contribution in [2.75, 3.05) is 5.73 Å². The molecule has 4 nitrogen and oxygen atoms in total. The summed E-state index contributed by atoms with van der Waals surface area (Å²) in [5, 5.41) is 0. The Kier molecular flexibility index (Phi) is 3.71. The Hall–Kier alpha value is -1.82. The van der Waals surface area contributed by atoms with E-state index in [0.717, 1.165) is 24.1 Å². The predicted octanol–water partition coefficient (Wildman–Crippen LogP) is 4.31. The SMILES string of the molecule is CC(CCc1ccco1)n1c(N)nc2cc(F)c(Br)cc21. The number of nitrogens with zero attached hydrogens (tertiary/aromatic N) is 2. The largest absolute Gasteiger partial charge is 0.469 e. The van der Waals surface area contributed by atoms with Gasteiger partial charge in [0.05, 0.1) is 21.8 Å². The highest BCUT2D eigenvalue weighted by molar-refractivity contribution is 9.10. The molecule has 3 rings (SSSR count). The lowest BCUT2D eigenvalue weighted by molar-refractivity contribution is 0.460. The number of anilines is 1. The zero-order chi connectivity index (χ0) is 15.0. The van der Waals surface area contributed by atoms with Crippen LogP contribution in [-0.4, -0.2) is 9.55 Å². The van der Waals surface area contributed by atoms with E-state index in [-0.39, 0.29) is 11.9 Å². The normalized spacial score (nSPS) is 12.9. The molecule has 1 aromatic carbocycles. The summed E-state index contributed by atoms with van der Waals surface area (Å²) < 4.78 is 21.3. The van der Waals surface area contributed by atoms with Crippen molar-refractivity contribution in [2.45, 2.75) is 25.8 Å². The maximum Gasteiger partial charge on any atom is 0.201 e. The van der Waals surface area contributed by atoms with E-state index in [4.69, 9.17) is 10.2 Å². The third-order valence-corrected chi connectivity index (χ3v) is 4.20. The molecule has 1 unspecified atom stereocenters. The highest BCUT2D eigenvalue weighted by atomic mass is 79.9. The fourth-order valence-corrected chi connectivity index (χ4v) is 2.84. The van der Waals surface area contributed by atoms with E-state index in [0.29, 0.717) is 15.9 Å². The minimum absolute atomic E-state index is 0.137. The van der Waals surface area contributed by atoms with Crippen molar-refractivity contribution in [3.8, 4) is 0 Å². The molecule has 0 spiro atoms. The number of fused-ring (bicyclic) bond motifs is 1. The predicted molar refractivity (Wildman–Crippen MR) is 83.5 cm³/mol. The van der Waals surface area contributed by atoms with Gasteiger partial charge in [-0.25, -0.2) is 9.37 Å². The summed E-state index contributed by atoms with van der Waals surface area (Å²) >= 11 is 3.21. The van der Waals surface area contributed by atoms with Crippen LogP contribution < -0.4 is 5.73 Å². The molecular formula is C15H15BrFN3O. The van der Waals surface area contributed by atoms with Crippen LogP contribution in [0.2, 0.25) is 0 Å². The molecule has 2 N–H and O–H groups in total. The lowest BCUT2D eigenvalue weighted by atomic mass is 10.1. The number of hydrogen-bond donors (Lipinski definition) is 1. The first-order chi connectivity index (χ1) is 10.1. The van der Waals surface area contributed by atoms with Crippen LogP contribution in [0.15, 0.2) is 39.4 Å². The van der Waals surface area contributed by atoms with E-state index < -0.39 is 0 Å². The maximum atomic E-state index is 13.6. The number of halogens is 2. The molecule has 0 aliphatic carbocycles. The van der Waals surface area contributed by atoms with Gasteiger partial charge < -0.3 is 14.7 Å². The maximum absolute atomic E-state index is 13.6. The van der Waals surface area contributed by atoms with Crippen LogP contribution in [0.5, 0.6) is 0 Å². The van der Waals surface area contributed by atoms with E-state index in [1.165, 1.54) is 6.07 Å². The zero-order valence-electron chi connectivity index (χ0n) is 11.5. The summed E-state index contributed by atoms with van der Waals surface area (Å²) in [4.78, 5) is 4.24. The molecule has 0 aliphatic heterocycles. The van der Waals surface area contributed by atoms with Gasteiger partial charge in [-0.1, -0.05) is 0 Å². The van der Waals surface area contributed by atoms with Gasteiger partial charge >= 0.3 is 0 Å². The zero-order valence-corrected chi connectivity index (χ0v) is 13.1. The molecule has 1 atom stereocenters. The Labute approximate surface area is 129 Å². The van der Waals surface area contributed by atoms with Crippen molar-refractivity contribution in [3.63, 3.8) is 0 Å². The monoisotopic (exact) mass is 351 g/mol. The third kappa shape index (κ3) is 2.68. The number of rotatable bonds is 4. The lowest BCUT2D eigenvalue weighted by Gasteiger charge is -2.15. The molecule has 0 radical (unpaired) electrons. The second-order valence-corrected chi connectivity index (χ2v) is 5.92. The van der Waals surface area contributed by atoms with Gasteiger partial charge in [-0.2, -0.15) is 0 Å². The molecule has 0 amide bonds. The van der Waals surface area contributed by atoms with Crippen molar-refractivity contribution in [3.05, 3.63) is 46.6 Å². The molecular weight excluding hydrogens is 337 g/mol. The highest BCUT2D eigenvalue weighted by Crippen LogP contribution is 2.29.